The Hall–Kier alpha value is -0.240. The lowest BCUT2D eigenvalue weighted by molar-refractivity contribution is 0.115. The summed E-state index contributed by atoms with van der Waals surface area (Å²) in [6.07, 6.45) is 2.09. The number of hydrogen-bond acceptors (Lipinski definition) is 6. The predicted molar refractivity (Wildman–Crippen MR) is 95.0 cm³/mol. The van der Waals surface area contributed by atoms with E-state index >= 15 is 0 Å². The Bertz CT molecular complexity index is 265. The molecule has 0 fully saturated rings. The van der Waals surface area contributed by atoms with E-state index in [2.05, 4.69) is 43.2 Å². The highest BCUT2D eigenvalue weighted by atomic mass is 16.3. The normalized spacial score (nSPS) is 13.1. The maximum Gasteiger partial charge on any atom is 0.0555 e. The lowest BCUT2D eigenvalue weighted by Crippen LogP contribution is -2.51. The number of aliphatic hydroxyl groups is 1. The minimum Gasteiger partial charge on any atom is -0.395 e. The lowest BCUT2D eigenvalue weighted by Gasteiger charge is -2.39. The van der Waals surface area contributed by atoms with Gasteiger partial charge in [0.1, 0.15) is 0 Å². The molecule has 0 aliphatic heterocycles. The minimum atomic E-state index is 0.0884. The van der Waals surface area contributed by atoms with Gasteiger partial charge < -0.3 is 27.2 Å². The molecular formula is C16H39N5O. The van der Waals surface area contributed by atoms with Crippen LogP contribution in [0.4, 0.5) is 0 Å². The van der Waals surface area contributed by atoms with Crippen LogP contribution in [0.3, 0.4) is 0 Å². The molecule has 22 heavy (non-hydrogen) atoms. The molecule has 0 amide bonds. The number of rotatable bonds is 14. The van der Waals surface area contributed by atoms with E-state index in [1.807, 2.05) is 0 Å². The second-order valence-corrected chi connectivity index (χ2v) is 7.16. The van der Waals surface area contributed by atoms with Crippen molar-refractivity contribution in [1.82, 2.24) is 15.5 Å². The molecule has 0 saturated heterocycles. The van der Waals surface area contributed by atoms with E-state index in [4.69, 9.17) is 16.6 Å². The maximum absolute atomic E-state index is 8.77. The highest BCUT2D eigenvalue weighted by molar-refractivity contribution is 4.85. The van der Waals surface area contributed by atoms with Crippen molar-refractivity contribution < 1.29 is 5.11 Å². The fourth-order valence-electron chi connectivity index (χ4n) is 2.59. The van der Waals surface area contributed by atoms with Crippen LogP contribution >= 0.6 is 0 Å². The van der Waals surface area contributed by atoms with Crippen molar-refractivity contribution in [1.29, 1.82) is 0 Å². The largest absolute Gasteiger partial charge is 0.395 e. The van der Waals surface area contributed by atoms with Gasteiger partial charge in [-0.1, -0.05) is 0 Å². The van der Waals surface area contributed by atoms with Gasteiger partial charge in [0.05, 0.1) is 6.61 Å². The molecule has 0 unspecified atom stereocenters. The summed E-state index contributed by atoms with van der Waals surface area (Å²) < 4.78 is 0. The third kappa shape index (κ3) is 9.71. The van der Waals surface area contributed by atoms with Crippen LogP contribution in [0.25, 0.3) is 0 Å². The smallest absolute Gasteiger partial charge is 0.0555 e. The average Bonchev–Trinajstić information content (AvgIpc) is 2.43. The highest BCUT2D eigenvalue weighted by Gasteiger charge is 2.26. The molecule has 0 aromatic carbocycles. The van der Waals surface area contributed by atoms with E-state index in [0.717, 1.165) is 39.0 Å². The van der Waals surface area contributed by atoms with Gasteiger partial charge >= 0.3 is 0 Å². The first-order valence-electron chi connectivity index (χ1n) is 8.51. The Kier molecular flexibility index (Phi) is 11.2. The average molecular weight is 318 g/mol. The van der Waals surface area contributed by atoms with E-state index in [1.54, 1.807) is 0 Å². The van der Waals surface area contributed by atoms with Crippen LogP contribution in [-0.2, 0) is 0 Å². The molecule has 134 valence electrons. The molecule has 6 heteroatoms. The van der Waals surface area contributed by atoms with Gasteiger partial charge in [-0.15, -0.1) is 0 Å². The van der Waals surface area contributed by atoms with Gasteiger partial charge in [0.25, 0.3) is 0 Å². The van der Waals surface area contributed by atoms with Crippen molar-refractivity contribution in [3.63, 3.8) is 0 Å². The number of hydrogen-bond donors (Lipinski definition) is 5. The molecule has 0 radical (unpaired) electrons. The quantitative estimate of drug-likeness (QED) is 0.283. The SMILES string of the molecule is CC(C)(CCNCCO)NCCC(C)(C)N(CCN)CCN. The summed E-state index contributed by atoms with van der Waals surface area (Å²) in [4.78, 5) is 2.38. The molecule has 0 rings (SSSR count). The standard InChI is InChI=1S/C16H39N5O/c1-15(2,5-9-19-11-14-22)20-10-6-16(3,4)21(12-7-17)13-8-18/h19-20,22H,5-14,17-18H2,1-4H3. The van der Waals surface area contributed by atoms with Gasteiger partial charge in [-0.2, -0.15) is 0 Å². The molecule has 0 atom stereocenters. The summed E-state index contributed by atoms with van der Waals surface area (Å²) in [5, 5.41) is 15.6. The summed E-state index contributed by atoms with van der Waals surface area (Å²) >= 11 is 0. The first-order chi connectivity index (χ1) is 10.3. The highest BCUT2D eigenvalue weighted by Crippen LogP contribution is 2.18. The van der Waals surface area contributed by atoms with Crippen LogP contribution in [0.15, 0.2) is 0 Å². The third-order valence-corrected chi connectivity index (χ3v) is 4.21. The van der Waals surface area contributed by atoms with E-state index in [0.29, 0.717) is 19.6 Å². The van der Waals surface area contributed by atoms with Crippen LogP contribution < -0.4 is 22.1 Å². The molecule has 0 saturated carbocycles. The van der Waals surface area contributed by atoms with Crippen molar-refractivity contribution in [3.05, 3.63) is 0 Å². The predicted octanol–water partition coefficient (Wildman–Crippen LogP) is -0.285. The Morgan fingerprint density at radius 3 is 2.00 bits per heavy atom. The number of nitrogens with two attached hydrogens (primary N) is 2. The molecule has 0 aliphatic rings. The molecule has 0 bridgehead atoms. The fraction of sp³-hybridized carbons (Fsp3) is 1.00. The minimum absolute atomic E-state index is 0.0884. The van der Waals surface area contributed by atoms with Crippen LogP contribution in [0.5, 0.6) is 0 Å². The molecule has 0 aromatic rings. The second kappa shape index (κ2) is 11.3. The van der Waals surface area contributed by atoms with Gasteiger partial charge in [0, 0.05) is 43.8 Å². The first-order valence-corrected chi connectivity index (χ1v) is 8.51. The van der Waals surface area contributed by atoms with E-state index in [-0.39, 0.29) is 17.7 Å². The fourth-order valence-corrected chi connectivity index (χ4v) is 2.59. The zero-order chi connectivity index (χ0) is 17.1. The van der Waals surface area contributed by atoms with Crippen molar-refractivity contribution in [3.8, 4) is 0 Å². The lowest BCUT2D eigenvalue weighted by atomic mass is 9.95. The Morgan fingerprint density at radius 1 is 0.909 bits per heavy atom. The monoisotopic (exact) mass is 317 g/mol. The van der Waals surface area contributed by atoms with E-state index in [9.17, 15) is 0 Å². The van der Waals surface area contributed by atoms with Crippen molar-refractivity contribution >= 4 is 0 Å². The first kappa shape index (κ1) is 21.8. The van der Waals surface area contributed by atoms with Crippen LogP contribution in [0.2, 0.25) is 0 Å². The Balaban J connectivity index is 4.17. The third-order valence-electron chi connectivity index (χ3n) is 4.21. The summed E-state index contributed by atoms with van der Waals surface area (Å²) in [7, 11) is 0. The van der Waals surface area contributed by atoms with Crippen LogP contribution in [-0.4, -0.2) is 73.5 Å². The summed E-state index contributed by atoms with van der Waals surface area (Å²) in [6, 6.07) is 0. The topological polar surface area (TPSA) is 99.6 Å². The molecular weight excluding hydrogens is 278 g/mol. The van der Waals surface area contributed by atoms with Gasteiger partial charge in [-0.3, -0.25) is 4.90 Å². The molecule has 0 aliphatic carbocycles. The van der Waals surface area contributed by atoms with E-state index in [1.165, 1.54) is 0 Å². The second-order valence-electron chi connectivity index (χ2n) is 7.16. The zero-order valence-corrected chi connectivity index (χ0v) is 15.1. The molecule has 0 heterocycles. The van der Waals surface area contributed by atoms with E-state index < -0.39 is 0 Å². The number of aliphatic hydroxyl groups excluding tert-OH is 1. The van der Waals surface area contributed by atoms with Gasteiger partial charge in [0.15, 0.2) is 0 Å². The summed E-state index contributed by atoms with van der Waals surface area (Å²) in [5.41, 5.74) is 11.6. The zero-order valence-electron chi connectivity index (χ0n) is 15.1. The molecule has 0 aromatic heterocycles. The van der Waals surface area contributed by atoms with Crippen molar-refractivity contribution in [2.75, 3.05) is 52.4 Å². The Labute approximate surface area is 137 Å². The van der Waals surface area contributed by atoms with Gasteiger partial charge in [-0.25, -0.2) is 0 Å². The van der Waals surface area contributed by atoms with Gasteiger partial charge in [0.2, 0.25) is 0 Å². The number of nitrogens with zero attached hydrogens (tertiary/aromatic N) is 1. The number of nitrogens with one attached hydrogen (secondary N) is 2. The summed E-state index contributed by atoms with van der Waals surface area (Å²) in [5.74, 6) is 0. The molecule has 0 spiro atoms. The van der Waals surface area contributed by atoms with Crippen LogP contribution in [0.1, 0.15) is 40.5 Å². The van der Waals surface area contributed by atoms with Gasteiger partial charge in [-0.05, 0) is 53.6 Å². The Morgan fingerprint density at radius 2 is 1.50 bits per heavy atom. The maximum atomic E-state index is 8.77. The molecule has 6 nitrogen and oxygen atoms in total. The molecule has 7 N–H and O–H groups in total. The van der Waals surface area contributed by atoms with Crippen molar-refractivity contribution in [2.45, 2.75) is 51.6 Å². The van der Waals surface area contributed by atoms with Crippen molar-refractivity contribution in [2.24, 2.45) is 11.5 Å². The summed E-state index contributed by atoms with van der Waals surface area (Å²) in [6.45, 7) is 14.8. The van der Waals surface area contributed by atoms with Crippen LogP contribution in [0, 0.1) is 0 Å².